The van der Waals surface area contributed by atoms with Crippen LogP contribution in [0.4, 0.5) is 0 Å². The molecule has 2 aromatic rings. The Morgan fingerprint density at radius 3 is 2.68 bits per heavy atom. The zero-order chi connectivity index (χ0) is 19.9. The summed E-state index contributed by atoms with van der Waals surface area (Å²) in [7, 11) is 0. The highest BCUT2D eigenvalue weighted by Crippen LogP contribution is 2.26. The number of aryl methyl sites for hydroxylation is 2. The SMILES string of the molecule is CC(Oc1ccc2c(c1)CCCC2)C(=O)NCCSCc1ccc(Cl)c(Cl)c1. The minimum Gasteiger partial charge on any atom is -0.481 e. The van der Waals surface area contributed by atoms with Gasteiger partial charge < -0.3 is 10.1 Å². The Kier molecular flexibility index (Phi) is 7.95. The number of fused-ring (bicyclic) bond motifs is 1. The number of hydrogen-bond donors (Lipinski definition) is 1. The number of carbonyl (C=O) groups excluding carboxylic acids is 1. The van der Waals surface area contributed by atoms with Crippen molar-refractivity contribution in [3.63, 3.8) is 0 Å². The molecular formula is C22H25Cl2NO2S. The average molecular weight is 438 g/mol. The van der Waals surface area contributed by atoms with Gasteiger partial charge in [0.1, 0.15) is 5.75 Å². The molecule has 0 saturated carbocycles. The van der Waals surface area contributed by atoms with E-state index in [-0.39, 0.29) is 5.91 Å². The van der Waals surface area contributed by atoms with Crippen LogP contribution in [0.3, 0.4) is 0 Å². The smallest absolute Gasteiger partial charge is 0.260 e. The molecule has 1 atom stereocenters. The highest BCUT2D eigenvalue weighted by molar-refractivity contribution is 7.98. The molecule has 0 aromatic heterocycles. The third-order valence-corrected chi connectivity index (χ3v) is 6.57. The minimum absolute atomic E-state index is 0.0899. The fourth-order valence-corrected chi connectivity index (χ4v) is 4.38. The molecule has 1 N–H and O–H groups in total. The fourth-order valence-electron chi connectivity index (χ4n) is 3.25. The second-order valence-corrected chi connectivity index (χ2v) is 8.91. The van der Waals surface area contributed by atoms with E-state index in [1.165, 1.54) is 24.0 Å². The Labute approximate surface area is 181 Å². The van der Waals surface area contributed by atoms with Crippen molar-refractivity contribution >= 4 is 40.9 Å². The van der Waals surface area contributed by atoms with Gasteiger partial charge in [-0.1, -0.05) is 35.3 Å². The van der Waals surface area contributed by atoms with Crippen molar-refractivity contribution in [3.8, 4) is 5.75 Å². The van der Waals surface area contributed by atoms with Gasteiger partial charge in [-0.25, -0.2) is 0 Å². The first-order valence-electron chi connectivity index (χ1n) is 9.61. The molecule has 0 radical (unpaired) electrons. The number of amides is 1. The third-order valence-electron chi connectivity index (χ3n) is 4.80. The van der Waals surface area contributed by atoms with Crippen LogP contribution in [-0.4, -0.2) is 24.3 Å². The molecule has 0 heterocycles. The van der Waals surface area contributed by atoms with E-state index in [1.807, 2.05) is 18.2 Å². The Hall–Kier alpha value is -1.36. The lowest BCUT2D eigenvalue weighted by Crippen LogP contribution is -2.37. The van der Waals surface area contributed by atoms with Crippen molar-refractivity contribution < 1.29 is 9.53 Å². The van der Waals surface area contributed by atoms with Crippen LogP contribution in [0.1, 0.15) is 36.5 Å². The Bertz CT molecular complexity index is 828. The molecule has 150 valence electrons. The van der Waals surface area contributed by atoms with E-state index in [0.29, 0.717) is 16.6 Å². The van der Waals surface area contributed by atoms with Crippen LogP contribution < -0.4 is 10.1 Å². The van der Waals surface area contributed by atoms with Gasteiger partial charge in [0.25, 0.3) is 5.91 Å². The molecule has 1 aliphatic carbocycles. The Balaban J connectivity index is 1.38. The van der Waals surface area contributed by atoms with Gasteiger partial charge in [0.15, 0.2) is 6.10 Å². The van der Waals surface area contributed by atoms with E-state index in [4.69, 9.17) is 27.9 Å². The molecule has 0 fully saturated rings. The van der Waals surface area contributed by atoms with Crippen LogP contribution in [0.5, 0.6) is 5.75 Å². The predicted octanol–water partition coefficient (Wildman–Crippen LogP) is 5.69. The molecule has 3 nitrogen and oxygen atoms in total. The zero-order valence-corrected chi connectivity index (χ0v) is 18.3. The third kappa shape index (κ3) is 6.07. The highest BCUT2D eigenvalue weighted by Gasteiger charge is 2.16. The summed E-state index contributed by atoms with van der Waals surface area (Å²) < 4.78 is 5.85. The van der Waals surface area contributed by atoms with Gasteiger partial charge in [0, 0.05) is 18.1 Å². The van der Waals surface area contributed by atoms with E-state index < -0.39 is 6.10 Å². The maximum Gasteiger partial charge on any atom is 0.260 e. The summed E-state index contributed by atoms with van der Waals surface area (Å²) in [6.45, 7) is 2.39. The first kappa shape index (κ1) is 21.4. The van der Waals surface area contributed by atoms with Gasteiger partial charge >= 0.3 is 0 Å². The van der Waals surface area contributed by atoms with Gasteiger partial charge in [-0.3, -0.25) is 4.79 Å². The largest absolute Gasteiger partial charge is 0.481 e. The molecule has 2 aromatic carbocycles. The molecule has 3 rings (SSSR count). The monoisotopic (exact) mass is 437 g/mol. The molecule has 1 aliphatic rings. The number of ether oxygens (including phenoxy) is 1. The molecule has 1 unspecified atom stereocenters. The van der Waals surface area contributed by atoms with Gasteiger partial charge in [0.05, 0.1) is 10.0 Å². The lowest BCUT2D eigenvalue weighted by atomic mass is 9.92. The number of nitrogens with one attached hydrogen (secondary N) is 1. The molecule has 0 spiro atoms. The molecule has 6 heteroatoms. The summed E-state index contributed by atoms with van der Waals surface area (Å²) in [5.41, 5.74) is 3.89. The van der Waals surface area contributed by atoms with Gasteiger partial charge in [-0.2, -0.15) is 11.8 Å². The topological polar surface area (TPSA) is 38.3 Å². The maximum absolute atomic E-state index is 12.3. The van der Waals surface area contributed by atoms with E-state index >= 15 is 0 Å². The standard InChI is InChI=1S/C22H25Cl2NO2S/c1-15(27-19-8-7-17-4-2-3-5-18(17)13-19)22(26)25-10-11-28-14-16-6-9-20(23)21(24)12-16/h6-9,12-13,15H,2-5,10-11,14H2,1H3,(H,25,26). The van der Waals surface area contributed by atoms with E-state index in [0.717, 1.165) is 35.7 Å². The number of halogens is 2. The first-order chi connectivity index (χ1) is 13.5. The van der Waals surface area contributed by atoms with Crippen LogP contribution in [0.25, 0.3) is 0 Å². The van der Waals surface area contributed by atoms with Crippen LogP contribution in [0, 0.1) is 0 Å². The summed E-state index contributed by atoms with van der Waals surface area (Å²) in [5.74, 6) is 2.33. The number of carbonyl (C=O) groups is 1. The quantitative estimate of drug-likeness (QED) is 0.538. The summed E-state index contributed by atoms with van der Waals surface area (Å²) in [4.78, 5) is 12.3. The number of benzene rings is 2. The van der Waals surface area contributed by atoms with Crippen molar-refractivity contribution in [1.82, 2.24) is 5.32 Å². The lowest BCUT2D eigenvalue weighted by Gasteiger charge is -2.19. The van der Waals surface area contributed by atoms with E-state index in [9.17, 15) is 4.79 Å². The fraction of sp³-hybridized carbons (Fsp3) is 0.409. The Morgan fingerprint density at radius 2 is 1.89 bits per heavy atom. The van der Waals surface area contributed by atoms with Gasteiger partial charge in [-0.05, 0) is 73.6 Å². The minimum atomic E-state index is -0.512. The van der Waals surface area contributed by atoms with Crippen molar-refractivity contribution in [1.29, 1.82) is 0 Å². The molecule has 28 heavy (non-hydrogen) atoms. The number of rotatable bonds is 8. The van der Waals surface area contributed by atoms with Crippen LogP contribution in [0.15, 0.2) is 36.4 Å². The van der Waals surface area contributed by atoms with Crippen molar-refractivity contribution in [2.45, 2.75) is 44.5 Å². The predicted molar refractivity (Wildman–Crippen MR) is 119 cm³/mol. The molecule has 0 bridgehead atoms. The second-order valence-electron chi connectivity index (χ2n) is 6.99. The second kappa shape index (κ2) is 10.4. The number of thioether (sulfide) groups is 1. The molecule has 0 saturated heterocycles. The van der Waals surface area contributed by atoms with Crippen molar-refractivity contribution in [3.05, 3.63) is 63.1 Å². The van der Waals surface area contributed by atoms with Crippen molar-refractivity contribution in [2.75, 3.05) is 12.3 Å². The van der Waals surface area contributed by atoms with Crippen LogP contribution in [0.2, 0.25) is 10.0 Å². The number of hydrogen-bond acceptors (Lipinski definition) is 3. The Morgan fingerprint density at radius 1 is 1.11 bits per heavy atom. The van der Waals surface area contributed by atoms with Crippen LogP contribution >= 0.6 is 35.0 Å². The molecule has 1 amide bonds. The molecular weight excluding hydrogens is 413 g/mol. The normalized spacial score (nSPS) is 14.2. The average Bonchev–Trinajstić information content (AvgIpc) is 2.70. The zero-order valence-electron chi connectivity index (χ0n) is 16.0. The maximum atomic E-state index is 12.3. The summed E-state index contributed by atoms with van der Waals surface area (Å²) in [5, 5.41) is 4.08. The van der Waals surface area contributed by atoms with E-state index in [2.05, 4.69) is 17.4 Å². The summed E-state index contributed by atoms with van der Waals surface area (Å²) in [6.07, 6.45) is 4.22. The summed E-state index contributed by atoms with van der Waals surface area (Å²) in [6, 6.07) is 11.8. The van der Waals surface area contributed by atoms with Gasteiger partial charge in [-0.15, -0.1) is 0 Å². The highest BCUT2D eigenvalue weighted by atomic mass is 35.5. The van der Waals surface area contributed by atoms with Crippen LogP contribution in [-0.2, 0) is 23.4 Å². The molecule has 0 aliphatic heterocycles. The van der Waals surface area contributed by atoms with E-state index in [1.54, 1.807) is 24.8 Å². The summed E-state index contributed by atoms with van der Waals surface area (Å²) >= 11 is 13.7. The first-order valence-corrected chi connectivity index (χ1v) is 11.5. The lowest BCUT2D eigenvalue weighted by molar-refractivity contribution is -0.127. The van der Waals surface area contributed by atoms with Gasteiger partial charge in [0.2, 0.25) is 0 Å². The van der Waals surface area contributed by atoms with Crippen molar-refractivity contribution in [2.24, 2.45) is 0 Å².